The van der Waals surface area contributed by atoms with Gasteiger partial charge in [-0.3, -0.25) is 4.99 Å². The molecule has 0 unspecified atom stereocenters. The molecule has 6 nitrogen and oxygen atoms in total. The van der Waals surface area contributed by atoms with E-state index in [0.717, 1.165) is 17.7 Å². The molecule has 0 amide bonds. The molecule has 0 spiro atoms. The van der Waals surface area contributed by atoms with Gasteiger partial charge < -0.3 is 24.8 Å². The van der Waals surface area contributed by atoms with Crippen molar-refractivity contribution in [2.75, 3.05) is 27.9 Å². The summed E-state index contributed by atoms with van der Waals surface area (Å²) >= 11 is 0. The normalized spacial score (nSPS) is 11.4. The molecule has 0 aliphatic rings. The Morgan fingerprint density at radius 3 is 2.03 bits per heavy atom. The Labute approximate surface area is 197 Å². The number of methoxy groups -OCH3 is 2. The number of nitrogens with one attached hydrogen (secondary N) is 2. The number of alkyl halides is 3. The van der Waals surface area contributed by atoms with Crippen LogP contribution in [-0.4, -0.2) is 33.8 Å². The van der Waals surface area contributed by atoms with Crippen molar-refractivity contribution in [1.29, 1.82) is 0 Å². The third kappa shape index (κ3) is 7.67. The fourth-order valence-electron chi connectivity index (χ4n) is 2.77. The van der Waals surface area contributed by atoms with Crippen LogP contribution >= 0.6 is 24.0 Å². The molecule has 0 aliphatic heterocycles. The molecule has 0 radical (unpaired) electrons. The van der Waals surface area contributed by atoms with Gasteiger partial charge >= 0.3 is 6.18 Å². The number of ether oxygens (including phenoxy) is 3. The minimum Gasteiger partial charge on any atom is -0.493 e. The summed E-state index contributed by atoms with van der Waals surface area (Å²) in [5, 5.41) is 6.13. The summed E-state index contributed by atoms with van der Waals surface area (Å²) in [4.78, 5) is 4.11. The molecule has 0 atom stereocenters. The van der Waals surface area contributed by atoms with E-state index in [4.69, 9.17) is 14.2 Å². The number of halogens is 4. The lowest BCUT2D eigenvalue weighted by atomic mass is 10.1. The second-order valence-corrected chi connectivity index (χ2v) is 6.24. The molecule has 2 N–H and O–H groups in total. The largest absolute Gasteiger partial charge is 0.493 e. The van der Waals surface area contributed by atoms with Crippen LogP contribution in [0.5, 0.6) is 17.2 Å². The first-order valence-corrected chi connectivity index (χ1v) is 9.30. The molecule has 0 heterocycles. The highest BCUT2D eigenvalue weighted by Crippen LogP contribution is 2.38. The maximum Gasteiger partial charge on any atom is 0.416 e. The lowest BCUT2D eigenvalue weighted by Crippen LogP contribution is -2.36. The average Bonchev–Trinajstić information content (AvgIpc) is 2.74. The van der Waals surface area contributed by atoms with Gasteiger partial charge in [0.15, 0.2) is 17.5 Å². The number of aliphatic imine (C=N–C) groups is 1. The van der Waals surface area contributed by atoms with Crippen molar-refractivity contribution in [3.8, 4) is 17.2 Å². The van der Waals surface area contributed by atoms with E-state index in [1.54, 1.807) is 27.3 Å². The third-order valence-corrected chi connectivity index (χ3v) is 4.21. The second-order valence-electron chi connectivity index (χ2n) is 6.24. The molecule has 0 fully saturated rings. The summed E-state index contributed by atoms with van der Waals surface area (Å²) < 4.78 is 54.9. The predicted molar refractivity (Wildman–Crippen MR) is 125 cm³/mol. The Hall–Kier alpha value is -2.37. The van der Waals surface area contributed by atoms with Crippen molar-refractivity contribution in [3.63, 3.8) is 0 Å². The molecule has 10 heteroatoms. The highest BCUT2D eigenvalue weighted by Gasteiger charge is 2.30. The molecule has 0 aromatic heterocycles. The third-order valence-electron chi connectivity index (χ3n) is 4.21. The van der Waals surface area contributed by atoms with Crippen LogP contribution < -0.4 is 24.8 Å². The second kappa shape index (κ2) is 12.5. The molecule has 2 aromatic rings. The van der Waals surface area contributed by atoms with Crippen LogP contribution in [0, 0.1) is 0 Å². The van der Waals surface area contributed by atoms with Crippen LogP contribution in [0.15, 0.2) is 41.4 Å². The van der Waals surface area contributed by atoms with Gasteiger partial charge in [-0.25, -0.2) is 0 Å². The lowest BCUT2D eigenvalue weighted by Gasteiger charge is -2.17. The summed E-state index contributed by atoms with van der Waals surface area (Å²) in [6, 6.07) is 8.80. The van der Waals surface area contributed by atoms with E-state index in [-0.39, 0.29) is 30.5 Å². The van der Waals surface area contributed by atoms with Gasteiger partial charge in [-0.1, -0.05) is 12.1 Å². The summed E-state index contributed by atoms with van der Waals surface area (Å²) in [7, 11) is 4.68. The van der Waals surface area contributed by atoms with Gasteiger partial charge in [0.2, 0.25) is 5.75 Å². The van der Waals surface area contributed by atoms with Crippen molar-refractivity contribution < 1.29 is 27.4 Å². The first-order valence-electron chi connectivity index (χ1n) is 9.30. The van der Waals surface area contributed by atoms with Crippen LogP contribution in [0.25, 0.3) is 0 Å². The minimum absolute atomic E-state index is 0. The smallest absolute Gasteiger partial charge is 0.416 e. The predicted octanol–water partition coefficient (Wildman–Crippen LogP) is 4.60. The maximum atomic E-state index is 12.9. The van der Waals surface area contributed by atoms with Gasteiger partial charge in [0.25, 0.3) is 0 Å². The van der Waals surface area contributed by atoms with Crippen molar-refractivity contribution >= 4 is 29.9 Å². The molecule has 2 aromatic carbocycles. The summed E-state index contributed by atoms with van der Waals surface area (Å²) in [6.45, 7) is 2.92. The molecule has 0 saturated carbocycles. The molecule has 31 heavy (non-hydrogen) atoms. The Morgan fingerprint density at radius 2 is 1.55 bits per heavy atom. The van der Waals surface area contributed by atoms with E-state index in [0.29, 0.717) is 41.9 Å². The molecule has 172 valence electrons. The zero-order valence-electron chi connectivity index (χ0n) is 17.8. The van der Waals surface area contributed by atoms with Gasteiger partial charge in [-0.2, -0.15) is 13.2 Å². The quantitative estimate of drug-likeness (QED) is 0.284. The fraction of sp³-hybridized carbons (Fsp3) is 0.381. The van der Waals surface area contributed by atoms with Crippen LogP contribution in [0.4, 0.5) is 13.2 Å². The van der Waals surface area contributed by atoms with Gasteiger partial charge in [0.05, 0.1) is 26.4 Å². The standard InChI is InChI=1S/C21H26F3N3O3.HI/c1-5-30-19-17(28-3)10-15(11-18(19)29-4)13-27-20(25-2)26-12-14-7-6-8-16(9-14)21(22,23)24;/h6-11H,5,12-13H2,1-4H3,(H2,25,26,27);1H. The van der Waals surface area contributed by atoms with E-state index in [1.807, 2.05) is 19.1 Å². The summed E-state index contributed by atoms with van der Waals surface area (Å²) in [6.07, 6.45) is -4.37. The zero-order chi connectivity index (χ0) is 22.1. The summed E-state index contributed by atoms with van der Waals surface area (Å²) in [5.41, 5.74) is 0.671. The SMILES string of the molecule is CCOc1c(OC)cc(CNC(=NC)NCc2cccc(C(F)(F)F)c2)cc1OC.I. The monoisotopic (exact) mass is 553 g/mol. The average molecular weight is 553 g/mol. The van der Waals surface area contributed by atoms with Gasteiger partial charge in [-0.15, -0.1) is 24.0 Å². The van der Waals surface area contributed by atoms with Gasteiger partial charge in [0, 0.05) is 20.1 Å². The first kappa shape index (κ1) is 26.7. The van der Waals surface area contributed by atoms with Crippen molar-refractivity contribution in [2.24, 2.45) is 4.99 Å². The lowest BCUT2D eigenvalue weighted by molar-refractivity contribution is -0.137. The van der Waals surface area contributed by atoms with Gasteiger partial charge in [0.1, 0.15) is 0 Å². The molecule has 0 bridgehead atoms. The summed E-state index contributed by atoms with van der Waals surface area (Å²) in [5.74, 6) is 2.05. The van der Waals surface area contributed by atoms with E-state index in [2.05, 4.69) is 15.6 Å². The number of hydrogen-bond donors (Lipinski definition) is 2. The minimum atomic E-state index is -4.37. The van der Waals surface area contributed by atoms with E-state index < -0.39 is 11.7 Å². The number of rotatable bonds is 8. The Balaban J connectivity index is 0.00000480. The van der Waals surface area contributed by atoms with Crippen molar-refractivity contribution in [2.45, 2.75) is 26.2 Å². The van der Waals surface area contributed by atoms with Crippen LogP contribution in [0.1, 0.15) is 23.6 Å². The number of nitrogens with zero attached hydrogens (tertiary/aromatic N) is 1. The fourth-order valence-corrected chi connectivity index (χ4v) is 2.77. The Kier molecular flexibility index (Phi) is 10.7. The van der Waals surface area contributed by atoms with Crippen molar-refractivity contribution in [3.05, 3.63) is 53.1 Å². The number of hydrogen-bond acceptors (Lipinski definition) is 4. The number of guanidine groups is 1. The van der Waals surface area contributed by atoms with Crippen LogP contribution in [0.3, 0.4) is 0 Å². The highest BCUT2D eigenvalue weighted by atomic mass is 127. The number of benzene rings is 2. The topological polar surface area (TPSA) is 64.1 Å². The molecular weight excluding hydrogens is 526 g/mol. The van der Waals surface area contributed by atoms with Crippen LogP contribution in [0.2, 0.25) is 0 Å². The van der Waals surface area contributed by atoms with E-state index in [1.165, 1.54) is 6.07 Å². The molecule has 2 rings (SSSR count). The molecule has 0 saturated heterocycles. The van der Waals surface area contributed by atoms with Crippen LogP contribution in [-0.2, 0) is 19.3 Å². The van der Waals surface area contributed by atoms with E-state index in [9.17, 15) is 13.2 Å². The zero-order valence-corrected chi connectivity index (χ0v) is 20.1. The Bertz CT molecular complexity index is 851. The Morgan fingerprint density at radius 1 is 0.968 bits per heavy atom. The molecule has 0 aliphatic carbocycles. The maximum absolute atomic E-state index is 12.9. The first-order chi connectivity index (χ1) is 14.3. The van der Waals surface area contributed by atoms with Crippen molar-refractivity contribution in [1.82, 2.24) is 10.6 Å². The highest BCUT2D eigenvalue weighted by molar-refractivity contribution is 14.0. The molecular formula is C21H27F3IN3O3. The van der Waals surface area contributed by atoms with Gasteiger partial charge in [-0.05, 0) is 42.3 Å². The van der Waals surface area contributed by atoms with E-state index >= 15 is 0 Å².